The fourth-order valence-corrected chi connectivity index (χ4v) is 2.97. The number of hydrogen-bond donors (Lipinski definition) is 2. The molecule has 28 heavy (non-hydrogen) atoms. The van der Waals surface area contributed by atoms with Crippen molar-refractivity contribution in [1.29, 1.82) is 0 Å². The highest BCUT2D eigenvalue weighted by Gasteiger charge is 2.13. The van der Waals surface area contributed by atoms with E-state index < -0.39 is 0 Å². The smallest absolute Gasteiger partial charge is 0.255 e. The molecule has 2 N–H and O–H groups in total. The molecule has 0 fully saturated rings. The molecule has 4 aromatic rings. The average Bonchev–Trinajstić information content (AvgIpc) is 3.14. The van der Waals surface area contributed by atoms with E-state index in [9.17, 15) is 4.79 Å². The summed E-state index contributed by atoms with van der Waals surface area (Å²) in [4.78, 5) is 20.8. The summed E-state index contributed by atoms with van der Waals surface area (Å²) in [6.45, 7) is 4.05. The van der Waals surface area contributed by atoms with Crippen LogP contribution in [0.2, 0.25) is 0 Å². The molecule has 1 heterocycles. The van der Waals surface area contributed by atoms with E-state index in [1.165, 1.54) is 5.56 Å². The normalized spacial score (nSPS) is 11.6. The Hall–Kier alpha value is -3.66. The van der Waals surface area contributed by atoms with Crippen LogP contribution in [0.4, 0.5) is 0 Å². The van der Waals surface area contributed by atoms with Gasteiger partial charge in [-0.05, 0) is 49.8 Å². The zero-order chi connectivity index (χ0) is 19.5. The molecule has 0 unspecified atom stereocenters. The highest BCUT2D eigenvalue weighted by molar-refractivity contribution is 6.01. The number of nitrogens with one attached hydrogen (secondary N) is 2. The zero-order valence-corrected chi connectivity index (χ0v) is 15.9. The number of aromatic amines is 1. The van der Waals surface area contributed by atoms with Crippen molar-refractivity contribution in [1.82, 2.24) is 15.3 Å². The highest BCUT2D eigenvalue weighted by Crippen LogP contribution is 2.19. The Morgan fingerprint density at radius 3 is 2.21 bits per heavy atom. The van der Waals surface area contributed by atoms with Crippen LogP contribution in [0.25, 0.3) is 22.8 Å². The molecule has 4 heteroatoms. The van der Waals surface area contributed by atoms with Gasteiger partial charge in [0.15, 0.2) is 5.82 Å². The minimum absolute atomic E-state index is 0.168. The van der Waals surface area contributed by atoms with Crippen LogP contribution >= 0.6 is 0 Å². The zero-order valence-electron chi connectivity index (χ0n) is 15.9. The third-order valence-corrected chi connectivity index (χ3v) is 4.59. The lowest BCUT2D eigenvalue weighted by Gasteiger charge is -2.09. The van der Waals surface area contributed by atoms with Gasteiger partial charge in [0.05, 0.1) is 16.7 Å². The van der Waals surface area contributed by atoms with Crippen LogP contribution < -0.4 is 5.32 Å². The van der Waals surface area contributed by atoms with E-state index in [-0.39, 0.29) is 5.91 Å². The Kier molecular flexibility index (Phi) is 4.77. The predicted molar refractivity (Wildman–Crippen MR) is 114 cm³/mol. The number of aryl methyl sites for hydroxylation is 2. The molecule has 3 aromatic carbocycles. The summed E-state index contributed by atoms with van der Waals surface area (Å²) in [5.74, 6) is 0.459. The van der Waals surface area contributed by atoms with Crippen molar-refractivity contribution in [2.24, 2.45) is 0 Å². The van der Waals surface area contributed by atoms with Gasteiger partial charge in [-0.25, -0.2) is 4.98 Å². The molecule has 1 aromatic heterocycles. The Bertz CT molecular complexity index is 1120. The van der Waals surface area contributed by atoms with Gasteiger partial charge in [0.25, 0.3) is 5.91 Å². The third kappa shape index (κ3) is 3.86. The predicted octanol–water partition coefficient (Wildman–Crippen LogP) is 5.11. The maximum absolute atomic E-state index is 12.8. The van der Waals surface area contributed by atoms with Crippen molar-refractivity contribution in [2.75, 3.05) is 0 Å². The fourth-order valence-electron chi connectivity index (χ4n) is 2.97. The van der Waals surface area contributed by atoms with Gasteiger partial charge >= 0.3 is 0 Å². The molecule has 0 aliphatic heterocycles. The van der Waals surface area contributed by atoms with Gasteiger partial charge in [0, 0.05) is 5.56 Å². The van der Waals surface area contributed by atoms with Crippen molar-refractivity contribution in [2.45, 2.75) is 13.8 Å². The van der Waals surface area contributed by atoms with Crippen LogP contribution in [-0.2, 0) is 0 Å². The van der Waals surface area contributed by atoms with E-state index in [2.05, 4.69) is 15.3 Å². The Morgan fingerprint density at radius 1 is 0.893 bits per heavy atom. The lowest BCUT2D eigenvalue weighted by Crippen LogP contribution is -2.22. The first kappa shape index (κ1) is 17.7. The second-order valence-corrected chi connectivity index (χ2v) is 6.89. The SMILES string of the molecule is Cc1ccc(C=C(NC(=O)c2ccc(C)cc2)c2nc3ccccc3[nH]2)cc1. The number of benzene rings is 3. The number of para-hydroxylation sites is 2. The van der Waals surface area contributed by atoms with Crippen LogP contribution in [0.5, 0.6) is 0 Å². The lowest BCUT2D eigenvalue weighted by atomic mass is 10.1. The van der Waals surface area contributed by atoms with E-state index in [0.717, 1.165) is 22.2 Å². The molecular formula is C24H21N3O. The second kappa shape index (κ2) is 7.53. The minimum Gasteiger partial charge on any atom is -0.337 e. The van der Waals surface area contributed by atoms with E-state index in [1.807, 2.05) is 92.7 Å². The van der Waals surface area contributed by atoms with Gasteiger partial charge < -0.3 is 10.3 Å². The number of imidazole rings is 1. The summed E-state index contributed by atoms with van der Waals surface area (Å²) in [6, 6.07) is 23.5. The van der Waals surface area contributed by atoms with Gasteiger partial charge in [-0.2, -0.15) is 0 Å². The van der Waals surface area contributed by atoms with E-state index in [4.69, 9.17) is 0 Å². The number of amides is 1. The summed E-state index contributed by atoms with van der Waals surface area (Å²) in [6.07, 6.45) is 1.93. The number of rotatable bonds is 4. The van der Waals surface area contributed by atoms with Crippen molar-refractivity contribution in [3.63, 3.8) is 0 Å². The monoisotopic (exact) mass is 367 g/mol. The first-order valence-corrected chi connectivity index (χ1v) is 9.20. The number of H-pyrrole nitrogens is 1. The molecule has 4 nitrogen and oxygen atoms in total. The van der Waals surface area contributed by atoms with Crippen molar-refractivity contribution < 1.29 is 4.79 Å². The fraction of sp³-hybridized carbons (Fsp3) is 0.0833. The van der Waals surface area contributed by atoms with Gasteiger partial charge in [-0.3, -0.25) is 4.79 Å². The number of aromatic nitrogens is 2. The Balaban J connectivity index is 1.73. The van der Waals surface area contributed by atoms with Crippen LogP contribution in [0, 0.1) is 13.8 Å². The molecule has 0 aliphatic rings. The molecule has 0 atom stereocenters. The van der Waals surface area contributed by atoms with Crippen molar-refractivity contribution in [3.05, 3.63) is 101 Å². The van der Waals surface area contributed by atoms with Crippen LogP contribution in [0.15, 0.2) is 72.8 Å². The largest absolute Gasteiger partial charge is 0.337 e. The first-order chi connectivity index (χ1) is 13.6. The Labute approximate surface area is 164 Å². The topological polar surface area (TPSA) is 57.8 Å². The van der Waals surface area contributed by atoms with Crippen LogP contribution in [0.3, 0.4) is 0 Å². The van der Waals surface area contributed by atoms with Gasteiger partial charge in [0.2, 0.25) is 0 Å². The molecule has 0 saturated carbocycles. The van der Waals surface area contributed by atoms with Gasteiger partial charge in [-0.1, -0.05) is 59.7 Å². The summed E-state index contributed by atoms with van der Waals surface area (Å²) >= 11 is 0. The number of carbonyl (C=O) groups is 1. The quantitative estimate of drug-likeness (QED) is 0.527. The van der Waals surface area contributed by atoms with E-state index in [1.54, 1.807) is 0 Å². The molecule has 4 rings (SSSR count). The minimum atomic E-state index is -0.168. The molecule has 0 radical (unpaired) electrons. The molecular weight excluding hydrogens is 346 g/mol. The summed E-state index contributed by atoms with van der Waals surface area (Å²) < 4.78 is 0. The van der Waals surface area contributed by atoms with Crippen LogP contribution in [0.1, 0.15) is 32.9 Å². The van der Waals surface area contributed by atoms with Gasteiger partial charge in [-0.15, -0.1) is 0 Å². The molecule has 0 aliphatic carbocycles. The lowest BCUT2D eigenvalue weighted by molar-refractivity contribution is 0.0973. The van der Waals surface area contributed by atoms with Gasteiger partial charge in [0.1, 0.15) is 0 Å². The summed E-state index contributed by atoms with van der Waals surface area (Å²) in [7, 11) is 0. The molecule has 1 amide bonds. The first-order valence-electron chi connectivity index (χ1n) is 9.20. The average molecular weight is 367 g/mol. The summed E-state index contributed by atoms with van der Waals surface area (Å²) in [5.41, 5.74) is 6.32. The molecule has 0 spiro atoms. The standard InChI is InChI=1S/C24H21N3O/c1-16-7-11-18(12-8-16)15-22(23-25-20-5-3-4-6-21(20)26-23)27-24(28)19-13-9-17(2)10-14-19/h3-15H,1-2H3,(H,25,26)(H,27,28). The maximum atomic E-state index is 12.8. The Morgan fingerprint density at radius 2 is 1.54 bits per heavy atom. The second-order valence-electron chi connectivity index (χ2n) is 6.89. The third-order valence-electron chi connectivity index (χ3n) is 4.59. The number of nitrogens with zero attached hydrogens (tertiary/aromatic N) is 1. The summed E-state index contributed by atoms with van der Waals surface area (Å²) in [5, 5.41) is 3.02. The molecule has 138 valence electrons. The van der Waals surface area contributed by atoms with Crippen LogP contribution in [-0.4, -0.2) is 15.9 Å². The number of carbonyl (C=O) groups excluding carboxylic acids is 1. The van der Waals surface area contributed by atoms with E-state index >= 15 is 0 Å². The van der Waals surface area contributed by atoms with E-state index in [0.29, 0.717) is 17.1 Å². The molecule has 0 bridgehead atoms. The number of hydrogen-bond acceptors (Lipinski definition) is 2. The molecule has 0 saturated heterocycles. The van der Waals surface area contributed by atoms with Crippen molar-refractivity contribution >= 4 is 28.7 Å². The highest BCUT2D eigenvalue weighted by atomic mass is 16.1. The number of fused-ring (bicyclic) bond motifs is 1. The maximum Gasteiger partial charge on any atom is 0.255 e. The van der Waals surface area contributed by atoms with Crippen molar-refractivity contribution in [3.8, 4) is 0 Å².